The van der Waals surface area contributed by atoms with Crippen LogP contribution in [0, 0.1) is 0 Å². The number of fused-ring (bicyclic) bond motifs is 2. The van der Waals surface area contributed by atoms with E-state index in [1.165, 1.54) is 6.42 Å². The van der Waals surface area contributed by atoms with Gasteiger partial charge in [0.05, 0.1) is 60.2 Å². The molecule has 6 N–H and O–H groups in total. The van der Waals surface area contributed by atoms with E-state index >= 15 is 0 Å². The Kier molecular flexibility index (Phi) is 8.05. The van der Waals surface area contributed by atoms with E-state index in [-0.39, 0.29) is 0 Å². The Bertz CT molecular complexity index is 1840. The smallest absolute Gasteiger partial charge is 0.166 e. The summed E-state index contributed by atoms with van der Waals surface area (Å²) in [5, 5.41) is 15.6. The molecular formula is C28H31BrN12S2. The van der Waals surface area contributed by atoms with E-state index in [4.69, 9.17) is 21.4 Å². The third-order valence-corrected chi connectivity index (χ3v) is 10.4. The van der Waals surface area contributed by atoms with Gasteiger partial charge in [-0.15, -0.1) is 22.7 Å². The van der Waals surface area contributed by atoms with Crippen LogP contribution >= 0.6 is 38.6 Å². The zero-order valence-corrected chi connectivity index (χ0v) is 26.5. The third-order valence-electron chi connectivity index (χ3n) is 7.96. The number of nitrogens with one attached hydrogen (secondary N) is 2. The fourth-order valence-electron chi connectivity index (χ4n) is 5.73. The lowest BCUT2D eigenvalue weighted by atomic mass is 9.96. The molecule has 15 heteroatoms. The third kappa shape index (κ3) is 5.51. The van der Waals surface area contributed by atoms with Crippen LogP contribution in [0.2, 0.25) is 0 Å². The van der Waals surface area contributed by atoms with E-state index in [9.17, 15) is 0 Å². The summed E-state index contributed by atoms with van der Waals surface area (Å²) in [6.45, 7) is 4.07. The molecule has 0 bridgehead atoms. The molecule has 2 fully saturated rings. The normalized spacial score (nSPS) is 19.0. The van der Waals surface area contributed by atoms with Crippen LogP contribution in [0.25, 0.3) is 32.2 Å². The van der Waals surface area contributed by atoms with Crippen LogP contribution in [0.5, 0.6) is 0 Å². The SMILES string of the molecule is Nc1c(Br)c(C2CCCNC2)nc2c(-c3cncs3)cnn12.Nc1cc(C2CCCNC2)nc2c(-c3cncs3)cnn12. The lowest BCUT2D eigenvalue weighted by molar-refractivity contribution is 0.453. The Balaban J connectivity index is 0.000000140. The quantitative estimate of drug-likeness (QED) is 0.208. The molecule has 222 valence electrons. The second-order valence-corrected chi connectivity index (χ2v) is 13.3. The minimum absolute atomic E-state index is 0.375. The summed E-state index contributed by atoms with van der Waals surface area (Å²) >= 11 is 6.77. The van der Waals surface area contributed by atoms with Crippen LogP contribution in [-0.2, 0) is 0 Å². The minimum atomic E-state index is 0.375. The highest BCUT2D eigenvalue weighted by molar-refractivity contribution is 9.10. The Morgan fingerprint density at radius 3 is 1.98 bits per heavy atom. The van der Waals surface area contributed by atoms with Crippen molar-refractivity contribution in [3.05, 3.63) is 57.7 Å². The van der Waals surface area contributed by atoms with E-state index < -0.39 is 0 Å². The molecule has 6 aromatic heterocycles. The number of nitrogen functional groups attached to an aromatic ring is 2. The minimum Gasteiger partial charge on any atom is -0.384 e. The Labute approximate surface area is 264 Å². The summed E-state index contributed by atoms with van der Waals surface area (Å²) in [5.74, 6) is 2.03. The number of piperidine rings is 2. The number of hydrogen-bond acceptors (Lipinski definition) is 12. The molecule has 2 unspecified atom stereocenters. The predicted molar refractivity (Wildman–Crippen MR) is 174 cm³/mol. The molecule has 0 saturated carbocycles. The number of rotatable bonds is 4. The Morgan fingerprint density at radius 1 is 0.791 bits per heavy atom. The molecule has 2 saturated heterocycles. The number of hydrogen-bond donors (Lipinski definition) is 4. The highest BCUT2D eigenvalue weighted by Gasteiger charge is 2.24. The lowest BCUT2D eigenvalue weighted by Crippen LogP contribution is -2.29. The van der Waals surface area contributed by atoms with Crippen LogP contribution in [0.3, 0.4) is 0 Å². The summed E-state index contributed by atoms with van der Waals surface area (Å²) in [5.41, 5.74) is 21.7. The summed E-state index contributed by atoms with van der Waals surface area (Å²) in [4.78, 5) is 20.1. The van der Waals surface area contributed by atoms with Crippen LogP contribution in [0.4, 0.5) is 11.6 Å². The molecule has 43 heavy (non-hydrogen) atoms. The Morgan fingerprint density at radius 2 is 1.40 bits per heavy atom. The van der Waals surface area contributed by atoms with Gasteiger partial charge >= 0.3 is 0 Å². The van der Waals surface area contributed by atoms with Crippen molar-refractivity contribution in [3.8, 4) is 20.9 Å². The highest BCUT2D eigenvalue weighted by atomic mass is 79.9. The second kappa shape index (κ2) is 12.2. The monoisotopic (exact) mass is 678 g/mol. The first kappa shape index (κ1) is 28.3. The number of nitrogens with zero attached hydrogens (tertiary/aromatic N) is 8. The van der Waals surface area contributed by atoms with E-state index in [0.29, 0.717) is 23.5 Å². The maximum absolute atomic E-state index is 6.27. The van der Waals surface area contributed by atoms with Gasteiger partial charge in [-0.3, -0.25) is 9.97 Å². The molecule has 12 nitrogen and oxygen atoms in total. The largest absolute Gasteiger partial charge is 0.384 e. The number of halogens is 1. The van der Waals surface area contributed by atoms with Crippen LogP contribution in [-0.4, -0.2) is 65.3 Å². The van der Waals surface area contributed by atoms with E-state index in [2.05, 4.69) is 46.7 Å². The van der Waals surface area contributed by atoms with Crippen molar-refractivity contribution in [2.45, 2.75) is 37.5 Å². The van der Waals surface area contributed by atoms with Crippen LogP contribution in [0.15, 0.2) is 46.3 Å². The van der Waals surface area contributed by atoms with Crippen molar-refractivity contribution < 1.29 is 0 Å². The molecule has 0 amide bonds. The van der Waals surface area contributed by atoms with Gasteiger partial charge in [-0.1, -0.05) is 0 Å². The van der Waals surface area contributed by atoms with Crippen molar-refractivity contribution in [1.29, 1.82) is 0 Å². The molecule has 0 spiro atoms. The molecule has 0 aromatic carbocycles. The first-order valence-electron chi connectivity index (χ1n) is 14.2. The number of thiazole rings is 2. The lowest BCUT2D eigenvalue weighted by Gasteiger charge is -2.23. The molecule has 2 aliphatic rings. The van der Waals surface area contributed by atoms with Crippen LogP contribution in [0.1, 0.15) is 48.9 Å². The van der Waals surface area contributed by atoms with Gasteiger partial charge in [-0.05, 0) is 54.7 Å². The van der Waals surface area contributed by atoms with Crippen molar-refractivity contribution in [3.63, 3.8) is 0 Å². The molecule has 8 rings (SSSR count). The molecular weight excluding hydrogens is 648 g/mol. The van der Waals surface area contributed by atoms with Gasteiger partial charge in [0.25, 0.3) is 0 Å². The number of anilines is 2. The molecule has 8 heterocycles. The fourth-order valence-corrected chi connectivity index (χ4v) is 7.57. The summed E-state index contributed by atoms with van der Waals surface area (Å²) in [7, 11) is 0. The van der Waals surface area contributed by atoms with Gasteiger partial charge in [0.2, 0.25) is 0 Å². The number of aromatic nitrogens is 8. The van der Waals surface area contributed by atoms with Gasteiger partial charge in [-0.25, -0.2) is 9.97 Å². The zero-order chi connectivity index (χ0) is 29.3. The van der Waals surface area contributed by atoms with Gasteiger partial charge in [-0.2, -0.15) is 19.2 Å². The first-order valence-corrected chi connectivity index (χ1v) is 16.8. The van der Waals surface area contributed by atoms with Gasteiger partial charge < -0.3 is 22.1 Å². The predicted octanol–water partition coefficient (Wildman–Crippen LogP) is 4.57. The highest BCUT2D eigenvalue weighted by Crippen LogP contribution is 2.36. The van der Waals surface area contributed by atoms with Crippen molar-refractivity contribution in [1.82, 2.24) is 49.8 Å². The van der Waals surface area contributed by atoms with Crippen molar-refractivity contribution >= 4 is 61.5 Å². The first-order chi connectivity index (χ1) is 21.1. The molecule has 6 aromatic rings. The van der Waals surface area contributed by atoms with Crippen molar-refractivity contribution in [2.24, 2.45) is 0 Å². The van der Waals surface area contributed by atoms with Crippen molar-refractivity contribution in [2.75, 3.05) is 37.6 Å². The molecule has 0 aliphatic carbocycles. The summed E-state index contributed by atoms with van der Waals surface area (Å²) in [6.07, 6.45) is 11.9. The van der Waals surface area contributed by atoms with E-state index in [1.54, 1.807) is 31.7 Å². The van der Waals surface area contributed by atoms with E-state index in [1.807, 2.05) is 41.9 Å². The average Bonchev–Trinajstić information content (AvgIpc) is 3.87. The topological polar surface area (TPSA) is 162 Å². The van der Waals surface area contributed by atoms with Gasteiger partial charge in [0, 0.05) is 43.4 Å². The maximum atomic E-state index is 6.27. The molecule has 0 radical (unpaired) electrons. The average molecular weight is 680 g/mol. The van der Waals surface area contributed by atoms with Crippen LogP contribution < -0.4 is 22.1 Å². The fraction of sp³-hybridized carbons (Fsp3) is 0.357. The summed E-state index contributed by atoms with van der Waals surface area (Å²) < 4.78 is 4.25. The van der Waals surface area contributed by atoms with Gasteiger partial charge in [0.15, 0.2) is 11.3 Å². The maximum Gasteiger partial charge on any atom is 0.166 e. The van der Waals surface area contributed by atoms with Gasteiger partial charge in [0.1, 0.15) is 11.6 Å². The molecule has 2 atom stereocenters. The summed E-state index contributed by atoms with van der Waals surface area (Å²) in [6, 6.07) is 1.95. The zero-order valence-electron chi connectivity index (χ0n) is 23.3. The Hall–Kier alpha value is -3.50. The standard InChI is InChI=1S/C14H15BrN6S.C14H16N6S/c15-11-12(8-2-1-3-17-4-8)20-14-9(10-6-18-7-22-10)5-19-21(14)13(11)16;15-13-4-11(9-2-1-3-16-5-9)19-14-10(6-18-20(13)14)12-7-17-8-21-12/h5-8,17H,1-4,16H2;4,6-9,16H,1-3,5,15H2. The number of nitrogens with two attached hydrogens (primary N) is 2. The second-order valence-electron chi connectivity index (χ2n) is 10.7. The van der Waals surface area contributed by atoms with E-state index in [0.717, 1.165) is 93.5 Å². The molecule has 2 aliphatic heterocycles.